The summed E-state index contributed by atoms with van der Waals surface area (Å²) in [6.07, 6.45) is 2.99. The van der Waals surface area contributed by atoms with Gasteiger partial charge in [0.25, 0.3) is 0 Å². The summed E-state index contributed by atoms with van der Waals surface area (Å²) < 4.78 is 24.0. The number of aliphatic hydroxyl groups is 1. The third kappa shape index (κ3) is 3.29. The Morgan fingerprint density at radius 1 is 1.18 bits per heavy atom. The van der Waals surface area contributed by atoms with Gasteiger partial charge in [-0.2, -0.15) is 0 Å². The molecule has 0 spiro atoms. The maximum absolute atomic E-state index is 13.2. The summed E-state index contributed by atoms with van der Waals surface area (Å²) in [5.74, 6) is 0.558. The van der Waals surface area contributed by atoms with E-state index in [1.165, 1.54) is 24.6 Å². The van der Waals surface area contributed by atoms with Gasteiger partial charge in [-0.15, -0.1) is 0 Å². The number of benzene rings is 1. The molecule has 2 aromatic heterocycles. The molecular formula is C16H13FN2O3. The van der Waals surface area contributed by atoms with E-state index in [0.717, 1.165) is 0 Å². The molecule has 1 N–H and O–H groups in total. The highest BCUT2D eigenvalue weighted by atomic mass is 19.1. The van der Waals surface area contributed by atoms with Crippen molar-refractivity contribution in [3.63, 3.8) is 0 Å². The van der Waals surface area contributed by atoms with Gasteiger partial charge in [-0.05, 0) is 30.3 Å². The summed E-state index contributed by atoms with van der Waals surface area (Å²) in [6, 6.07) is 9.42. The first-order valence-electron chi connectivity index (χ1n) is 6.63. The summed E-state index contributed by atoms with van der Waals surface area (Å²) in [4.78, 5) is 8.26. The summed E-state index contributed by atoms with van der Waals surface area (Å²) in [7, 11) is 0. The Labute approximate surface area is 126 Å². The van der Waals surface area contributed by atoms with Crippen molar-refractivity contribution in [2.75, 3.05) is 0 Å². The number of hydrogen-bond donors (Lipinski definition) is 1. The van der Waals surface area contributed by atoms with Crippen LogP contribution in [0.3, 0.4) is 0 Å². The largest absolute Gasteiger partial charge is 0.486 e. The molecule has 3 aromatic rings. The number of hydrogen-bond acceptors (Lipinski definition) is 5. The van der Waals surface area contributed by atoms with Crippen LogP contribution in [0.4, 0.5) is 4.39 Å². The predicted molar refractivity (Wildman–Crippen MR) is 76.4 cm³/mol. The van der Waals surface area contributed by atoms with Crippen molar-refractivity contribution < 1.29 is 18.7 Å². The molecule has 2 heterocycles. The van der Waals surface area contributed by atoms with Crippen molar-refractivity contribution in [3.05, 3.63) is 66.1 Å². The Kier molecular flexibility index (Phi) is 4.11. The molecule has 5 nitrogen and oxygen atoms in total. The molecule has 0 atom stereocenters. The van der Waals surface area contributed by atoms with Crippen LogP contribution >= 0.6 is 0 Å². The van der Waals surface area contributed by atoms with Crippen molar-refractivity contribution in [2.24, 2.45) is 0 Å². The molecule has 3 rings (SSSR count). The van der Waals surface area contributed by atoms with Gasteiger partial charge in [-0.25, -0.2) is 9.37 Å². The number of nitrogens with zero attached hydrogens (tertiary/aromatic N) is 2. The average molecular weight is 300 g/mol. The van der Waals surface area contributed by atoms with Crippen LogP contribution in [-0.2, 0) is 13.2 Å². The summed E-state index contributed by atoms with van der Waals surface area (Å²) >= 11 is 0. The minimum atomic E-state index is -0.344. The fraction of sp³-hybridized carbons (Fsp3) is 0.125. The Morgan fingerprint density at radius 2 is 2.09 bits per heavy atom. The van der Waals surface area contributed by atoms with Crippen LogP contribution in [0.2, 0.25) is 0 Å². The fourth-order valence-electron chi connectivity index (χ4n) is 1.87. The Hall–Kier alpha value is -2.73. The minimum Gasteiger partial charge on any atom is -0.486 e. The van der Waals surface area contributed by atoms with E-state index in [1.54, 1.807) is 24.3 Å². The maximum atomic E-state index is 13.2. The molecule has 0 radical (unpaired) electrons. The molecule has 0 unspecified atom stereocenters. The molecule has 6 heteroatoms. The molecule has 0 aliphatic carbocycles. The predicted octanol–water partition coefficient (Wildman–Crippen LogP) is 2.95. The lowest BCUT2D eigenvalue weighted by molar-refractivity contribution is 0.274. The van der Waals surface area contributed by atoms with Crippen molar-refractivity contribution >= 4 is 0 Å². The van der Waals surface area contributed by atoms with Crippen molar-refractivity contribution in [1.82, 2.24) is 9.97 Å². The second-order valence-corrected chi connectivity index (χ2v) is 4.59. The SMILES string of the molecule is OCc1ccc(OCc2coc(-c3cccc(F)c3)n2)cn1. The highest BCUT2D eigenvalue weighted by molar-refractivity contribution is 5.52. The molecular weight excluding hydrogens is 287 g/mol. The van der Waals surface area contributed by atoms with Crippen molar-refractivity contribution in [2.45, 2.75) is 13.2 Å². The average Bonchev–Trinajstić information content (AvgIpc) is 3.02. The molecule has 0 fully saturated rings. The molecule has 1 aromatic carbocycles. The topological polar surface area (TPSA) is 68.4 Å². The molecule has 0 saturated heterocycles. The van der Waals surface area contributed by atoms with E-state index in [0.29, 0.717) is 28.6 Å². The number of aliphatic hydroxyl groups excluding tert-OH is 1. The van der Waals surface area contributed by atoms with E-state index in [1.807, 2.05) is 0 Å². The van der Waals surface area contributed by atoms with Gasteiger partial charge >= 0.3 is 0 Å². The van der Waals surface area contributed by atoms with E-state index in [2.05, 4.69) is 9.97 Å². The van der Waals surface area contributed by atoms with Crippen LogP contribution in [0.1, 0.15) is 11.4 Å². The van der Waals surface area contributed by atoms with Gasteiger partial charge in [-0.1, -0.05) is 6.07 Å². The standard InChI is InChI=1S/C16H13FN2O3/c17-12-3-1-2-11(6-12)16-19-14(10-22-16)9-21-15-5-4-13(8-20)18-7-15/h1-7,10,20H,8-9H2. The third-order valence-electron chi connectivity index (χ3n) is 2.97. The lowest BCUT2D eigenvalue weighted by Gasteiger charge is -2.03. The number of rotatable bonds is 5. The Balaban J connectivity index is 1.66. The molecule has 112 valence electrons. The van der Waals surface area contributed by atoms with Crippen LogP contribution < -0.4 is 4.74 Å². The highest BCUT2D eigenvalue weighted by Crippen LogP contribution is 2.20. The Morgan fingerprint density at radius 3 is 2.82 bits per heavy atom. The van der Waals surface area contributed by atoms with Gasteiger partial charge in [0.1, 0.15) is 30.1 Å². The van der Waals surface area contributed by atoms with Gasteiger partial charge in [-0.3, -0.25) is 4.98 Å². The van der Waals surface area contributed by atoms with Crippen LogP contribution in [0, 0.1) is 5.82 Å². The number of pyridine rings is 1. The van der Waals surface area contributed by atoms with E-state index in [9.17, 15) is 4.39 Å². The van der Waals surface area contributed by atoms with Crippen molar-refractivity contribution in [3.8, 4) is 17.2 Å². The minimum absolute atomic E-state index is 0.111. The molecule has 0 bridgehead atoms. The van der Waals surface area contributed by atoms with E-state index < -0.39 is 0 Å². The lowest BCUT2D eigenvalue weighted by Crippen LogP contribution is -1.97. The van der Waals surface area contributed by atoms with Gasteiger partial charge in [0.2, 0.25) is 5.89 Å². The molecule has 22 heavy (non-hydrogen) atoms. The normalized spacial score (nSPS) is 10.6. The van der Waals surface area contributed by atoms with Crippen LogP contribution in [0.25, 0.3) is 11.5 Å². The van der Waals surface area contributed by atoms with Crippen LogP contribution in [0.15, 0.2) is 53.3 Å². The number of ether oxygens (including phenoxy) is 1. The van der Waals surface area contributed by atoms with Crippen molar-refractivity contribution in [1.29, 1.82) is 0 Å². The first-order chi connectivity index (χ1) is 10.7. The van der Waals surface area contributed by atoms with Gasteiger partial charge in [0.05, 0.1) is 18.5 Å². The number of aromatic nitrogens is 2. The smallest absolute Gasteiger partial charge is 0.226 e. The van der Waals surface area contributed by atoms with Gasteiger partial charge in [0.15, 0.2) is 0 Å². The monoisotopic (exact) mass is 300 g/mol. The first kappa shape index (κ1) is 14.2. The van der Waals surface area contributed by atoms with E-state index in [4.69, 9.17) is 14.3 Å². The second-order valence-electron chi connectivity index (χ2n) is 4.59. The van der Waals surface area contributed by atoms with Crippen LogP contribution in [0.5, 0.6) is 5.75 Å². The zero-order valence-electron chi connectivity index (χ0n) is 11.6. The van der Waals surface area contributed by atoms with E-state index in [-0.39, 0.29) is 19.0 Å². The molecule has 0 aliphatic rings. The first-order valence-corrected chi connectivity index (χ1v) is 6.63. The maximum Gasteiger partial charge on any atom is 0.226 e. The zero-order valence-corrected chi connectivity index (χ0v) is 11.6. The third-order valence-corrected chi connectivity index (χ3v) is 2.97. The molecule has 0 aliphatic heterocycles. The van der Waals surface area contributed by atoms with Crippen LogP contribution in [-0.4, -0.2) is 15.1 Å². The summed E-state index contributed by atoms with van der Waals surface area (Å²) in [5, 5.41) is 8.91. The van der Waals surface area contributed by atoms with E-state index >= 15 is 0 Å². The van der Waals surface area contributed by atoms with Gasteiger partial charge in [0, 0.05) is 5.56 Å². The molecule has 0 amide bonds. The number of halogens is 1. The quantitative estimate of drug-likeness (QED) is 0.784. The zero-order chi connectivity index (χ0) is 15.4. The fourth-order valence-corrected chi connectivity index (χ4v) is 1.87. The van der Waals surface area contributed by atoms with Gasteiger partial charge < -0.3 is 14.3 Å². The lowest BCUT2D eigenvalue weighted by atomic mass is 10.2. The summed E-state index contributed by atoms with van der Waals surface area (Å²) in [5.41, 5.74) is 1.73. The highest BCUT2D eigenvalue weighted by Gasteiger charge is 2.08. The summed E-state index contributed by atoms with van der Waals surface area (Å²) in [6.45, 7) is 0.0968. The Bertz CT molecular complexity index is 756. The molecule has 0 saturated carbocycles. The number of oxazole rings is 1. The second kappa shape index (κ2) is 6.36.